The monoisotopic (exact) mass is 339 g/mol. The fourth-order valence-electron chi connectivity index (χ4n) is 2.23. The smallest absolute Gasteiger partial charge is 0.277 e. The van der Waals surface area contributed by atoms with Gasteiger partial charge in [0, 0.05) is 6.20 Å². The molecule has 0 amide bonds. The lowest BCUT2D eigenvalue weighted by molar-refractivity contribution is 0.463. The Labute approximate surface area is 141 Å². The predicted octanol–water partition coefficient (Wildman–Crippen LogP) is 2.89. The Morgan fingerprint density at radius 2 is 1.96 bits per heavy atom. The summed E-state index contributed by atoms with van der Waals surface area (Å²) in [7, 11) is 0. The van der Waals surface area contributed by atoms with Crippen molar-refractivity contribution in [2.24, 2.45) is 0 Å². The number of H-pyrrole nitrogens is 1. The van der Waals surface area contributed by atoms with Gasteiger partial charge in [0.2, 0.25) is 0 Å². The summed E-state index contributed by atoms with van der Waals surface area (Å²) in [6, 6.07) is 13.5. The molecule has 0 saturated heterocycles. The van der Waals surface area contributed by atoms with Gasteiger partial charge in [-0.2, -0.15) is 4.68 Å². The number of tetrazole rings is 1. The van der Waals surface area contributed by atoms with E-state index >= 15 is 0 Å². The molecule has 4 rings (SSSR count). The lowest BCUT2D eigenvalue weighted by Gasteiger charge is -2.08. The molecule has 9 heteroatoms. The van der Waals surface area contributed by atoms with Crippen molar-refractivity contribution in [3.63, 3.8) is 0 Å². The van der Waals surface area contributed by atoms with Crippen molar-refractivity contribution in [2.75, 3.05) is 0 Å². The van der Waals surface area contributed by atoms with Crippen LogP contribution in [0.25, 0.3) is 17.3 Å². The molecule has 1 atom stereocenters. The number of nitrogens with one attached hydrogen (secondary N) is 1. The predicted molar refractivity (Wildman–Crippen MR) is 87.5 cm³/mol. The van der Waals surface area contributed by atoms with E-state index < -0.39 is 0 Å². The van der Waals surface area contributed by atoms with Gasteiger partial charge in [-0.25, -0.2) is 0 Å². The molecule has 0 aliphatic rings. The summed E-state index contributed by atoms with van der Waals surface area (Å²) < 4.78 is 7.38. The van der Waals surface area contributed by atoms with Crippen LogP contribution in [0.2, 0.25) is 0 Å². The van der Waals surface area contributed by atoms with Crippen molar-refractivity contribution in [2.45, 2.75) is 17.4 Å². The van der Waals surface area contributed by atoms with Gasteiger partial charge in [-0.05, 0) is 41.6 Å². The summed E-state index contributed by atoms with van der Waals surface area (Å²) in [5.41, 5.74) is 1.69. The number of benzene rings is 1. The van der Waals surface area contributed by atoms with Crippen LogP contribution in [0.15, 0.2) is 58.3 Å². The van der Waals surface area contributed by atoms with Crippen LogP contribution in [0, 0.1) is 0 Å². The van der Waals surface area contributed by atoms with E-state index in [2.05, 4.69) is 30.7 Å². The Bertz CT molecular complexity index is 916. The molecule has 0 spiro atoms. The maximum absolute atomic E-state index is 5.67. The molecule has 0 saturated carbocycles. The third-order valence-electron chi connectivity index (χ3n) is 3.37. The second kappa shape index (κ2) is 6.28. The van der Waals surface area contributed by atoms with Crippen molar-refractivity contribution in [1.82, 2.24) is 35.4 Å². The molecule has 0 bridgehead atoms. The minimum atomic E-state index is -0.0582. The van der Waals surface area contributed by atoms with Gasteiger partial charge >= 0.3 is 0 Å². The van der Waals surface area contributed by atoms with E-state index in [1.54, 1.807) is 4.68 Å². The fourth-order valence-corrected chi connectivity index (χ4v) is 3.00. The van der Waals surface area contributed by atoms with Crippen LogP contribution < -0.4 is 0 Å². The molecule has 8 nitrogen and oxygen atoms in total. The quantitative estimate of drug-likeness (QED) is 0.558. The zero-order chi connectivity index (χ0) is 16.4. The van der Waals surface area contributed by atoms with Gasteiger partial charge in [0.15, 0.2) is 5.82 Å². The van der Waals surface area contributed by atoms with Gasteiger partial charge in [-0.1, -0.05) is 30.0 Å². The van der Waals surface area contributed by atoms with Crippen LogP contribution in [-0.2, 0) is 0 Å². The second-order valence-electron chi connectivity index (χ2n) is 5.00. The van der Waals surface area contributed by atoms with Crippen LogP contribution in [0.5, 0.6) is 0 Å². The summed E-state index contributed by atoms with van der Waals surface area (Å²) >= 11 is 1.41. The summed E-state index contributed by atoms with van der Waals surface area (Å²) in [6.07, 6.45) is 1.81. The van der Waals surface area contributed by atoms with Gasteiger partial charge in [0.05, 0.1) is 10.9 Å². The number of para-hydroxylation sites is 1. The van der Waals surface area contributed by atoms with Crippen molar-refractivity contribution < 1.29 is 4.42 Å². The number of nitrogens with zero attached hydrogens (tertiary/aromatic N) is 6. The maximum Gasteiger partial charge on any atom is 0.277 e. The third-order valence-corrected chi connectivity index (χ3v) is 4.30. The van der Waals surface area contributed by atoms with Crippen molar-refractivity contribution >= 4 is 11.8 Å². The highest BCUT2D eigenvalue weighted by atomic mass is 32.2. The molecule has 0 aliphatic heterocycles. The number of hydrogen-bond acceptors (Lipinski definition) is 7. The highest BCUT2D eigenvalue weighted by Crippen LogP contribution is 2.34. The number of hydrogen-bond donors (Lipinski definition) is 1. The first-order valence-corrected chi connectivity index (χ1v) is 8.17. The van der Waals surface area contributed by atoms with Gasteiger partial charge < -0.3 is 9.40 Å². The summed E-state index contributed by atoms with van der Waals surface area (Å²) in [6.45, 7) is 1.99. The largest absolute Gasteiger partial charge is 0.410 e. The highest BCUT2D eigenvalue weighted by molar-refractivity contribution is 7.99. The Hall–Kier alpha value is -2.94. The first kappa shape index (κ1) is 14.6. The fraction of sp³-hybridized carbons (Fsp3) is 0.133. The number of thioether (sulfide) groups is 1. The van der Waals surface area contributed by atoms with Gasteiger partial charge in [0.25, 0.3) is 11.1 Å². The highest BCUT2D eigenvalue weighted by Gasteiger charge is 2.20. The first-order chi connectivity index (χ1) is 11.8. The molecular formula is C15H13N7OS. The molecule has 0 radical (unpaired) electrons. The summed E-state index contributed by atoms with van der Waals surface area (Å²) in [5.74, 6) is 1.17. The number of aromatic amines is 1. The van der Waals surface area contributed by atoms with E-state index in [1.165, 1.54) is 11.8 Å². The standard InChI is InChI=1S/C15H13N7OS/c1-10(13-17-20-21-22(13)11-6-3-2-4-7-11)24-15-19-18-14(23-15)12-8-5-9-16-12/h2-10,16H,1H3. The van der Waals surface area contributed by atoms with Crippen LogP contribution in [0.3, 0.4) is 0 Å². The topological polar surface area (TPSA) is 98.3 Å². The molecular weight excluding hydrogens is 326 g/mol. The van der Waals surface area contributed by atoms with E-state index in [9.17, 15) is 0 Å². The molecule has 0 aliphatic carbocycles. The van der Waals surface area contributed by atoms with Crippen LogP contribution in [0.4, 0.5) is 0 Å². The Kier molecular flexibility index (Phi) is 3.83. The Morgan fingerprint density at radius 3 is 2.75 bits per heavy atom. The number of aromatic nitrogens is 7. The SMILES string of the molecule is CC(Sc1nnc(-c2ccc[nH]2)o1)c1nnnn1-c1ccccc1. The molecule has 4 aromatic rings. The van der Waals surface area contributed by atoms with E-state index in [1.807, 2.05) is 55.6 Å². The lowest BCUT2D eigenvalue weighted by atomic mass is 10.3. The molecule has 1 aromatic carbocycles. The summed E-state index contributed by atoms with van der Waals surface area (Å²) in [4.78, 5) is 3.04. The minimum absolute atomic E-state index is 0.0582. The van der Waals surface area contributed by atoms with Crippen molar-refractivity contribution in [1.29, 1.82) is 0 Å². The second-order valence-corrected chi connectivity index (χ2v) is 6.29. The zero-order valence-corrected chi connectivity index (χ0v) is 13.5. The maximum atomic E-state index is 5.67. The van der Waals surface area contributed by atoms with E-state index in [-0.39, 0.29) is 5.25 Å². The van der Waals surface area contributed by atoms with Crippen LogP contribution in [0.1, 0.15) is 18.0 Å². The molecule has 120 valence electrons. The number of rotatable bonds is 5. The molecule has 1 N–H and O–H groups in total. The average Bonchev–Trinajstić information content (AvgIpc) is 3.36. The molecule has 3 aromatic heterocycles. The molecule has 1 unspecified atom stereocenters. The van der Waals surface area contributed by atoms with Crippen LogP contribution in [-0.4, -0.2) is 35.4 Å². The molecule has 24 heavy (non-hydrogen) atoms. The normalized spacial score (nSPS) is 12.4. The lowest BCUT2D eigenvalue weighted by Crippen LogP contribution is -2.04. The molecule has 3 heterocycles. The van der Waals surface area contributed by atoms with E-state index in [0.717, 1.165) is 11.4 Å². The van der Waals surface area contributed by atoms with Gasteiger partial charge in [-0.3, -0.25) is 0 Å². The van der Waals surface area contributed by atoms with Crippen molar-refractivity contribution in [3.8, 4) is 17.3 Å². The Balaban J connectivity index is 1.55. The first-order valence-electron chi connectivity index (χ1n) is 7.29. The molecule has 0 fully saturated rings. The van der Waals surface area contributed by atoms with E-state index in [0.29, 0.717) is 16.9 Å². The minimum Gasteiger partial charge on any atom is -0.410 e. The van der Waals surface area contributed by atoms with Crippen molar-refractivity contribution in [3.05, 3.63) is 54.5 Å². The summed E-state index contributed by atoms with van der Waals surface area (Å²) in [5, 5.41) is 20.5. The van der Waals surface area contributed by atoms with Gasteiger partial charge in [0.1, 0.15) is 5.69 Å². The Morgan fingerprint density at radius 1 is 1.08 bits per heavy atom. The van der Waals surface area contributed by atoms with E-state index in [4.69, 9.17) is 4.42 Å². The van der Waals surface area contributed by atoms with Crippen LogP contribution >= 0.6 is 11.8 Å². The third kappa shape index (κ3) is 2.81. The zero-order valence-electron chi connectivity index (χ0n) is 12.7. The average molecular weight is 339 g/mol. The van der Waals surface area contributed by atoms with Gasteiger partial charge in [-0.15, -0.1) is 15.3 Å².